The molecule has 0 bridgehead atoms. The molecule has 74 heavy (non-hydrogen) atoms. The summed E-state index contributed by atoms with van der Waals surface area (Å²) in [7, 11) is 8.88. The Balaban J connectivity index is -0.000000378. The van der Waals surface area contributed by atoms with Gasteiger partial charge in [-0.2, -0.15) is 0 Å². The third-order valence-corrected chi connectivity index (χ3v) is 13.4. The number of aliphatic hydroxyl groups is 1. The molecule has 0 spiro atoms. The molecular formula is C55H116N4O13S2. The molecule has 1 amide bonds. The van der Waals surface area contributed by atoms with Crippen molar-refractivity contribution >= 4 is 33.8 Å². The van der Waals surface area contributed by atoms with Gasteiger partial charge >= 0.3 is 0 Å². The van der Waals surface area contributed by atoms with Crippen LogP contribution in [0.15, 0.2) is 22.8 Å². The molecule has 1 aliphatic heterocycles. The fourth-order valence-corrected chi connectivity index (χ4v) is 9.49. The molecule has 0 aromatic carbocycles. The van der Waals surface area contributed by atoms with E-state index in [-0.39, 0.29) is 16.7 Å². The number of carbonyl (C=O) groups is 2. The van der Waals surface area contributed by atoms with Crippen molar-refractivity contribution in [3.05, 3.63) is 22.8 Å². The number of aldehydes is 1. The van der Waals surface area contributed by atoms with Gasteiger partial charge in [-0.15, -0.1) is 0 Å². The van der Waals surface area contributed by atoms with Crippen molar-refractivity contribution in [3.63, 3.8) is 0 Å². The lowest BCUT2D eigenvalue weighted by molar-refractivity contribution is -0.127. The second kappa shape index (κ2) is 66.0. The van der Waals surface area contributed by atoms with Crippen molar-refractivity contribution < 1.29 is 62.1 Å². The van der Waals surface area contributed by atoms with Crippen LogP contribution in [-0.2, 0) is 57.0 Å². The van der Waals surface area contributed by atoms with Crippen LogP contribution in [0.25, 0.3) is 0 Å². The predicted molar refractivity (Wildman–Crippen MR) is 312 cm³/mol. The van der Waals surface area contributed by atoms with Crippen LogP contribution >= 0.6 is 21.6 Å². The minimum atomic E-state index is 0.0300. The van der Waals surface area contributed by atoms with E-state index in [1.807, 2.05) is 82.1 Å². The number of aliphatic hydroxyl groups excluding tert-OH is 1. The highest BCUT2D eigenvalue weighted by Gasteiger charge is 2.32. The average Bonchev–Trinajstić information content (AvgIpc) is 3.51. The van der Waals surface area contributed by atoms with Gasteiger partial charge in [-0.05, 0) is 78.7 Å². The van der Waals surface area contributed by atoms with E-state index in [0.717, 1.165) is 69.9 Å². The minimum absolute atomic E-state index is 0.0300. The summed E-state index contributed by atoms with van der Waals surface area (Å²) in [6.07, 6.45) is 8.79. The first kappa shape index (κ1) is 81.6. The summed E-state index contributed by atoms with van der Waals surface area (Å²) in [5.74, 6) is 2.03. The first-order valence-corrected chi connectivity index (χ1v) is 30.0. The second-order valence-electron chi connectivity index (χ2n) is 16.6. The topological polar surface area (TPSA) is 214 Å². The lowest BCUT2D eigenvalue weighted by Crippen LogP contribution is -2.36. The fourth-order valence-electron chi connectivity index (χ4n) is 6.86. The van der Waals surface area contributed by atoms with E-state index in [4.69, 9.17) is 63.9 Å². The van der Waals surface area contributed by atoms with Gasteiger partial charge in [-0.3, -0.25) is 4.79 Å². The Bertz CT molecular complexity index is 1210. The zero-order valence-corrected chi connectivity index (χ0v) is 51.5. The van der Waals surface area contributed by atoms with Gasteiger partial charge in [0, 0.05) is 68.9 Å². The molecule has 1 heterocycles. The van der Waals surface area contributed by atoms with E-state index in [2.05, 4.69) is 52.9 Å². The number of nitrogens with one attached hydrogen (secondary N) is 1. The van der Waals surface area contributed by atoms with E-state index in [1.165, 1.54) is 11.1 Å². The number of nitrogens with zero attached hydrogens (tertiary/aromatic N) is 1. The van der Waals surface area contributed by atoms with Crippen LogP contribution in [0, 0.1) is 11.8 Å². The molecular weight excluding hydrogens is 989 g/mol. The van der Waals surface area contributed by atoms with Crippen molar-refractivity contribution in [2.75, 3.05) is 179 Å². The summed E-state index contributed by atoms with van der Waals surface area (Å²) >= 11 is 0. The number of rotatable bonds is 45. The van der Waals surface area contributed by atoms with Crippen LogP contribution in [0.5, 0.6) is 0 Å². The molecule has 0 aromatic heterocycles. The van der Waals surface area contributed by atoms with E-state index < -0.39 is 0 Å². The number of likely N-dealkylation sites (N-methyl/N-ethyl adjacent to an activating group) is 1. The van der Waals surface area contributed by atoms with E-state index >= 15 is 0 Å². The number of amides is 1. The zero-order chi connectivity index (χ0) is 56.9. The molecule has 446 valence electrons. The molecule has 0 aliphatic carbocycles. The Labute approximate surface area is 461 Å². The first-order chi connectivity index (χ1) is 36.0. The molecule has 19 heteroatoms. The Hall–Kier alpha value is -1.24. The van der Waals surface area contributed by atoms with Gasteiger partial charge in [0.15, 0.2) is 0 Å². The highest BCUT2D eigenvalue weighted by atomic mass is 33.1. The largest absolute Gasteiger partial charge is 0.400 e. The van der Waals surface area contributed by atoms with Crippen molar-refractivity contribution in [1.29, 1.82) is 0 Å². The SMILES string of the molecule is CC.CC.CC.CCCOCC1=C(C)CC(C(CC)/C(=C/CCCSSC(C)(C)CNC)C(C)N)CN(C)C1=O.CO.NCCOCCOCCOCCOCCOCCOCCOCCOCCOCCC=O. The molecule has 6 N–H and O–H groups in total. The summed E-state index contributed by atoms with van der Waals surface area (Å²) < 4.78 is 54.0. The van der Waals surface area contributed by atoms with Gasteiger partial charge < -0.3 is 79.0 Å². The normalized spacial score (nSPS) is 14.4. The van der Waals surface area contributed by atoms with Gasteiger partial charge in [0.1, 0.15) is 6.29 Å². The summed E-state index contributed by atoms with van der Waals surface area (Å²) in [6, 6.07) is 0.0300. The summed E-state index contributed by atoms with van der Waals surface area (Å²) in [5, 5.41) is 10.3. The predicted octanol–water partition coefficient (Wildman–Crippen LogP) is 8.04. The summed E-state index contributed by atoms with van der Waals surface area (Å²) in [5.41, 5.74) is 15.2. The molecule has 0 saturated heterocycles. The van der Waals surface area contributed by atoms with Crippen LogP contribution in [0.2, 0.25) is 0 Å². The molecule has 1 aliphatic rings. The number of unbranched alkanes of at least 4 members (excludes halogenated alkanes) is 1. The van der Waals surface area contributed by atoms with Crippen molar-refractivity contribution in [2.45, 2.75) is 132 Å². The van der Waals surface area contributed by atoms with Gasteiger partial charge in [0.05, 0.1) is 126 Å². The Morgan fingerprint density at radius 3 is 1.51 bits per heavy atom. The van der Waals surface area contributed by atoms with Crippen LogP contribution in [0.3, 0.4) is 0 Å². The quantitative estimate of drug-likeness (QED) is 0.0197. The molecule has 0 saturated carbocycles. The summed E-state index contributed by atoms with van der Waals surface area (Å²) in [6.45, 7) is 37.8. The van der Waals surface area contributed by atoms with E-state index in [1.54, 1.807) is 0 Å². The fraction of sp³-hybridized carbons (Fsp3) is 0.891. The highest BCUT2D eigenvalue weighted by Crippen LogP contribution is 2.37. The third kappa shape index (κ3) is 52.8. The average molecular weight is 1110 g/mol. The monoisotopic (exact) mass is 1100 g/mol. The van der Waals surface area contributed by atoms with Crippen LogP contribution in [0.4, 0.5) is 0 Å². The number of carbonyl (C=O) groups excluding carboxylic acids is 2. The van der Waals surface area contributed by atoms with Crippen molar-refractivity contribution in [2.24, 2.45) is 23.3 Å². The maximum atomic E-state index is 13.0. The minimum Gasteiger partial charge on any atom is -0.400 e. The molecule has 1 rings (SSSR count). The zero-order valence-electron chi connectivity index (χ0n) is 49.9. The number of hydrogen-bond acceptors (Lipinski definition) is 18. The third-order valence-electron chi connectivity index (χ3n) is 10.1. The Morgan fingerprint density at radius 2 is 1.15 bits per heavy atom. The van der Waals surface area contributed by atoms with E-state index in [0.29, 0.717) is 157 Å². The van der Waals surface area contributed by atoms with Crippen molar-refractivity contribution in [1.82, 2.24) is 10.2 Å². The number of allylic oxidation sites excluding steroid dienone is 2. The van der Waals surface area contributed by atoms with Crippen LogP contribution in [0.1, 0.15) is 122 Å². The number of hydrogen-bond donors (Lipinski definition) is 4. The van der Waals surface area contributed by atoms with Crippen LogP contribution < -0.4 is 16.8 Å². The maximum absolute atomic E-state index is 13.0. The highest BCUT2D eigenvalue weighted by molar-refractivity contribution is 8.77. The molecule has 0 fully saturated rings. The molecule has 3 unspecified atom stereocenters. The lowest BCUT2D eigenvalue weighted by Gasteiger charge is -2.32. The maximum Gasteiger partial charge on any atom is 0.251 e. The van der Waals surface area contributed by atoms with Crippen LogP contribution in [-0.4, -0.2) is 212 Å². The van der Waals surface area contributed by atoms with Gasteiger partial charge in [-0.1, -0.05) is 94.2 Å². The number of ether oxygens (including phenoxy) is 10. The smallest absolute Gasteiger partial charge is 0.251 e. The molecule has 0 radical (unpaired) electrons. The standard InChI is InChI=1S/C27H51N3O2S2.C21H43NO10.3C2H6.CH4O/c1-9-14-32-18-25-20(3)16-22(17-30(8)26(25)31)23(10-2)24(21(4)28)13-11-12-15-33-34-27(5,6)19-29-7;22-2-5-25-7-9-27-11-13-29-15-17-31-19-21-32-20-18-30-16-14-28-12-10-26-8-6-24-4-1-3-23;4*1-2/h13,21-23,29H,9-12,14-19,28H2,1-8H3;3H,1-2,4-22H2;3*1-2H3;2H,1H3/b24-13+;;;;;. The number of nitrogens with two attached hydrogens (primary N) is 2. The van der Waals surface area contributed by atoms with Gasteiger partial charge in [0.2, 0.25) is 0 Å². The molecule has 0 aromatic rings. The van der Waals surface area contributed by atoms with E-state index in [9.17, 15) is 9.59 Å². The van der Waals surface area contributed by atoms with Gasteiger partial charge in [0.25, 0.3) is 5.91 Å². The van der Waals surface area contributed by atoms with Crippen molar-refractivity contribution in [3.8, 4) is 0 Å². The lowest BCUT2D eigenvalue weighted by atomic mass is 9.77. The van der Waals surface area contributed by atoms with Gasteiger partial charge in [-0.25, -0.2) is 0 Å². The Morgan fingerprint density at radius 1 is 0.730 bits per heavy atom. The molecule has 17 nitrogen and oxygen atoms in total. The molecule has 3 atom stereocenters. The first-order valence-electron chi connectivity index (χ1n) is 27.7. The Kier molecular flexibility index (Phi) is 72.8. The second-order valence-corrected chi connectivity index (χ2v) is 19.7. The summed E-state index contributed by atoms with van der Waals surface area (Å²) in [4.78, 5) is 25.0.